The number of nitrogens with one attached hydrogen (secondary N) is 1. The van der Waals surface area contributed by atoms with Crippen LogP contribution in [0.5, 0.6) is 17.2 Å². The normalized spacial score (nSPS) is 21.8. The minimum absolute atomic E-state index is 0.206. The van der Waals surface area contributed by atoms with Gasteiger partial charge in [-0.25, -0.2) is 0 Å². The Morgan fingerprint density at radius 2 is 2.38 bits per heavy atom. The van der Waals surface area contributed by atoms with Crippen LogP contribution in [0, 0.1) is 0 Å². The van der Waals surface area contributed by atoms with Gasteiger partial charge in [-0.2, -0.15) is 0 Å². The van der Waals surface area contributed by atoms with Crippen LogP contribution in [0.2, 0.25) is 0 Å². The third-order valence-corrected chi connectivity index (χ3v) is 2.96. The molecule has 1 atom stereocenters. The van der Waals surface area contributed by atoms with Crippen molar-refractivity contribution in [3.63, 3.8) is 0 Å². The lowest BCUT2D eigenvalue weighted by molar-refractivity contribution is 0.163. The quantitative estimate of drug-likeness (QED) is 0.728. The van der Waals surface area contributed by atoms with Crippen molar-refractivity contribution in [3.8, 4) is 17.2 Å². The molecule has 16 heavy (non-hydrogen) atoms. The second kappa shape index (κ2) is 3.54. The average molecular weight is 223 g/mol. The van der Waals surface area contributed by atoms with E-state index in [4.69, 9.17) is 14.2 Å². The Labute approximate surface area is 92.9 Å². The van der Waals surface area contributed by atoms with Crippen molar-refractivity contribution in [1.82, 2.24) is 5.32 Å². The molecule has 2 N–H and O–H groups in total. The molecule has 0 aromatic heterocycles. The maximum atomic E-state index is 9.90. The topological polar surface area (TPSA) is 60.0 Å². The summed E-state index contributed by atoms with van der Waals surface area (Å²) in [6.07, 6.45) is -0.521. The zero-order chi connectivity index (χ0) is 11.1. The number of hydrogen-bond acceptors (Lipinski definition) is 5. The molecule has 0 unspecified atom stereocenters. The van der Waals surface area contributed by atoms with Gasteiger partial charge in [0.1, 0.15) is 0 Å². The Balaban J connectivity index is 2.21. The van der Waals surface area contributed by atoms with E-state index >= 15 is 0 Å². The molecule has 0 amide bonds. The van der Waals surface area contributed by atoms with Crippen LogP contribution in [0.15, 0.2) is 6.07 Å². The molecule has 2 heterocycles. The van der Waals surface area contributed by atoms with E-state index < -0.39 is 6.10 Å². The molecule has 0 aliphatic carbocycles. The number of aliphatic hydroxyl groups is 1. The average Bonchev–Trinajstić information content (AvgIpc) is 2.75. The SMILES string of the molecule is COc1c2c(cc3c1OCO3)[C@@H](O)CNC2. The first kappa shape index (κ1) is 9.74. The van der Waals surface area contributed by atoms with Gasteiger partial charge in [-0.15, -0.1) is 0 Å². The van der Waals surface area contributed by atoms with E-state index in [1.54, 1.807) is 7.11 Å². The molecule has 86 valence electrons. The molecule has 1 aromatic rings. The summed E-state index contributed by atoms with van der Waals surface area (Å²) in [7, 11) is 1.60. The molecule has 0 fully saturated rings. The Kier molecular flexibility index (Phi) is 2.15. The molecule has 2 aliphatic heterocycles. The molecular formula is C11H13NO4. The Morgan fingerprint density at radius 1 is 1.50 bits per heavy atom. The van der Waals surface area contributed by atoms with E-state index in [0.29, 0.717) is 30.3 Å². The summed E-state index contributed by atoms with van der Waals surface area (Å²) < 4.78 is 16.0. The standard InChI is InChI=1S/C11H13NO4/c1-14-10-7-3-12-4-8(13)6(7)2-9-11(10)16-5-15-9/h2,8,12-13H,3-5H2,1H3/t8-/m0/s1. The summed E-state index contributed by atoms with van der Waals surface area (Å²) in [5, 5.41) is 13.0. The number of β-amino-alcohol motifs (C(OH)–C–C–N with tert-alkyl or cyclic N) is 1. The van der Waals surface area contributed by atoms with Crippen molar-refractivity contribution in [2.75, 3.05) is 20.4 Å². The minimum Gasteiger partial charge on any atom is -0.492 e. The smallest absolute Gasteiger partial charge is 0.231 e. The maximum absolute atomic E-state index is 9.90. The summed E-state index contributed by atoms with van der Waals surface area (Å²) >= 11 is 0. The highest BCUT2D eigenvalue weighted by molar-refractivity contribution is 5.61. The fourth-order valence-corrected chi connectivity index (χ4v) is 2.21. The lowest BCUT2D eigenvalue weighted by Gasteiger charge is -2.24. The van der Waals surface area contributed by atoms with Crippen molar-refractivity contribution in [2.45, 2.75) is 12.6 Å². The van der Waals surface area contributed by atoms with Crippen molar-refractivity contribution in [1.29, 1.82) is 0 Å². The van der Waals surface area contributed by atoms with Gasteiger partial charge in [0.2, 0.25) is 12.5 Å². The first-order valence-electron chi connectivity index (χ1n) is 5.19. The summed E-state index contributed by atoms with van der Waals surface area (Å²) in [5.74, 6) is 1.95. The first-order valence-corrected chi connectivity index (χ1v) is 5.19. The Bertz CT molecular complexity index is 432. The van der Waals surface area contributed by atoms with Crippen molar-refractivity contribution >= 4 is 0 Å². The summed E-state index contributed by atoms with van der Waals surface area (Å²) in [6.45, 7) is 1.43. The number of ether oxygens (including phenoxy) is 3. The molecule has 0 radical (unpaired) electrons. The number of aliphatic hydroxyl groups excluding tert-OH is 1. The van der Waals surface area contributed by atoms with Crippen LogP contribution in [-0.2, 0) is 6.54 Å². The van der Waals surface area contributed by atoms with Crippen LogP contribution in [-0.4, -0.2) is 25.6 Å². The number of rotatable bonds is 1. The molecule has 1 aromatic carbocycles. The third kappa shape index (κ3) is 1.25. The molecule has 0 spiro atoms. The first-order chi connectivity index (χ1) is 7.81. The van der Waals surface area contributed by atoms with Crippen LogP contribution in [0.3, 0.4) is 0 Å². The van der Waals surface area contributed by atoms with Crippen molar-refractivity contribution < 1.29 is 19.3 Å². The molecule has 3 rings (SSSR count). The van der Waals surface area contributed by atoms with Gasteiger partial charge in [0.15, 0.2) is 11.5 Å². The molecule has 5 nitrogen and oxygen atoms in total. The minimum atomic E-state index is -0.521. The molecule has 0 saturated carbocycles. The third-order valence-electron chi connectivity index (χ3n) is 2.96. The van der Waals surface area contributed by atoms with Crippen LogP contribution < -0.4 is 19.5 Å². The molecule has 5 heteroatoms. The second-order valence-electron chi connectivity index (χ2n) is 3.86. The van der Waals surface area contributed by atoms with Gasteiger partial charge in [0.25, 0.3) is 0 Å². The monoisotopic (exact) mass is 223 g/mol. The summed E-state index contributed by atoms with van der Waals surface area (Å²) in [6, 6.07) is 1.84. The number of methoxy groups -OCH3 is 1. The predicted octanol–water partition coefficient (Wildman–Crippen LogP) is 0.560. The van der Waals surface area contributed by atoms with Gasteiger partial charge >= 0.3 is 0 Å². The Hall–Kier alpha value is -1.46. The molecule has 0 saturated heterocycles. The summed E-state index contributed by atoms with van der Waals surface area (Å²) in [5.41, 5.74) is 1.81. The van der Waals surface area contributed by atoms with Crippen LogP contribution >= 0.6 is 0 Å². The van der Waals surface area contributed by atoms with Gasteiger partial charge in [0.05, 0.1) is 13.2 Å². The van der Waals surface area contributed by atoms with Gasteiger partial charge in [-0.3, -0.25) is 0 Å². The highest BCUT2D eigenvalue weighted by Gasteiger charge is 2.29. The number of hydrogen-bond donors (Lipinski definition) is 2. The van der Waals surface area contributed by atoms with E-state index in [9.17, 15) is 5.11 Å². The predicted molar refractivity (Wildman–Crippen MR) is 55.8 cm³/mol. The highest BCUT2D eigenvalue weighted by atomic mass is 16.7. The van der Waals surface area contributed by atoms with E-state index in [1.165, 1.54) is 0 Å². The van der Waals surface area contributed by atoms with Crippen molar-refractivity contribution in [2.24, 2.45) is 0 Å². The summed E-state index contributed by atoms with van der Waals surface area (Å²) in [4.78, 5) is 0. The van der Waals surface area contributed by atoms with Gasteiger partial charge in [0, 0.05) is 18.7 Å². The van der Waals surface area contributed by atoms with Gasteiger partial charge in [-0.05, 0) is 11.6 Å². The van der Waals surface area contributed by atoms with Crippen molar-refractivity contribution in [3.05, 3.63) is 17.2 Å². The second-order valence-corrected chi connectivity index (χ2v) is 3.86. The van der Waals surface area contributed by atoms with Crippen LogP contribution in [0.25, 0.3) is 0 Å². The van der Waals surface area contributed by atoms with E-state index in [2.05, 4.69) is 5.32 Å². The van der Waals surface area contributed by atoms with Gasteiger partial charge in [-0.1, -0.05) is 0 Å². The molecular weight excluding hydrogens is 210 g/mol. The fourth-order valence-electron chi connectivity index (χ4n) is 2.21. The zero-order valence-corrected chi connectivity index (χ0v) is 8.95. The van der Waals surface area contributed by atoms with Crippen LogP contribution in [0.1, 0.15) is 17.2 Å². The number of benzene rings is 1. The molecule has 2 aliphatic rings. The maximum Gasteiger partial charge on any atom is 0.231 e. The van der Waals surface area contributed by atoms with E-state index in [0.717, 1.165) is 11.1 Å². The lowest BCUT2D eigenvalue weighted by Crippen LogP contribution is -2.28. The number of fused-ring (bicyclic) bond motifs is 2. The fraction of sp³-hybridized carbons (Fsp3) is 0.455. The lowest BCUT2D eigenvalue weighted by atomic mass is 9.97. The van der Waals surface area contributed by atoms with Crippen LogP contribution in [0.4, 0.5) is 0 Å². The Morgan fingerprint density at radius 3 is 3.19 bits per heavy atom. The van der Waals surface area contributed by atoms with E-state index in [-0.39, 0.29) is 6.79 Å². The molecule has 0 bridgehead atoms. The van der Waals surface area contributed by atoms with E-state index in [1.807, 2.05) is 6.07 Å². The zero-order valence-electron chi connectivity index (χ0n) is 8.95. The van der Waals surface area contributed by atoms with Gasteiger partial charge < -0.3 is 24.6 Å². The largest absolute Gasteiger partial charge is 0.492 e. The highest BCUT2D eigenvalue weighted by Crippen LogP contribution is 2.46.